The summed E-state index contributed by atoms with van der Waals surface area (Å²) in [6.07, 6.45) is 0. The van der Waals surface area contributed by atoms with Crippen molar-refractivity contribution in [3.63, 3.8) is 0 Å². The van der Waals surface area contributed by atoms with Gasteiger partial charge >= 0.3 is 0 Å². The van der Waals surface area contributed by atoms with Gasteiger partial charge in [-0.2, -0.15) is 22.7 Å². The van der Waals surface area contributed by atoms with Gasteiger partial charge in [0.1, 0.15) is 0 Å². The van der Waals surface area contributed by atoms with Gasteiger partial charge in [0.15, 0.2) is 5.96 Å². The van der Waals surface area contributed by atoms with Crippen LogP contribution in [0.25, 0.3) is 0 Å². The summed E-state index contributed by atoms with van der Waals surface area (Å²) >= 11 is 0. The van der Waals surface area contributed by atoms with Crippen LogP contribution in [0.5, 0.6) is 0 Å². The van der Waals surface area contributed by atoms with Crippen molar-refractivity contribution in [3.8, 4) is 0 Å². The topological polar surface area (TPSA) is 103 Å². The fourth-order valence-corrected chi connectivity index (χ4v) is 0.929. The van der Waals surface area contributed by atoms with Crippen LogP contribution in [0.4, 0.5) is 5.69 Å². The summed E-state index contributed by atoms with van der Waals surface area (Å²) < 4.78 is 0. The third-order valence-electron chi connectivity index (χ3n) is 1.42. The van der Waals surface area contributed by atoms with Crippen molar-refractivity contribution < 1.29 is 32.7 Å². The molecule has 5 nitrogen and oxygen atoms in total. The summed E-state index contributed by atoms with van der Waals surface area (Å²) in [5.74, 6) is -0.0685. The third kappa shape index (κ3) is 5.49. The van der Waals surface area contributed by atoms with Crippen molar-refractivity contribution in [3.05, 3.63) is 29.8 Å². The molecule has 0 aliphatic carbocycles. The van der Waals surface area contributed by atoms with Crippen LogP contribution in [0.1, 0.15) is 5.56 Å². The number of aryl methyl sites for hydroxylation is 1. The van der Waals surface area contributed by atoms with E-state index in [0.29, 0.717) is 5.69 Å². The zero-order chi connectivity index (χ0) is 10.6. The number of guanidine groups is 2. The fraction of sp³-hybridized carbons (Fsp3) is 0.111. The average Bonchev–Trinajstić information content (AvgIpc) is 2.01. The fourth-order valence-electron chi connectivity index (χ4n) is 0.929. The van der Waals surface area contributed by atoms with E-state index in [1.54, 1.807) is 12.1 Å². The van der Waals surface area contributed by atoms with E-state index in [1.165, 1.54) is 0 Å². The summed E-state index contributed by atoms with van der Waals surface area (Å²) in [7, 11) is 0. The van der Waals surface area contributed by atoms with E-state index >= 15 is 0 Å². The number of nitrogens with zero attached hydrogens (tertiary/aromatic N) is 2. The first-order chi connectivity index (χ1) is 6.58. The monoisotopic (exact) mass is 279 g/mol. The summed E-state index contributed by atoms with van der Waals surface area (Å²) in [5.41, 5.74) is 17.4. The number of rotatable bonds is 1. The molecule has 0 saturated heterocycles. The minimum Gasteiger partial charge on any atom is -0.370 e. The van der Waals surface area contributed by atoms with Crippen molar-refractivity contribution >= 4 is 17.6 Å². The second kappa shape index (κ2) is 6.53. The molecule has 0 heterocycles. The molecule has 0 saturated carbocycles. The molecule has 6 N–H and O–H groups in total. The molecule has 0 aliphatic rings. The molecule has 15 heavy (non-hydrogen) atoms. The maximum atomic E-state index is 5.45. The number of benzene rings is 1. The van der Waals surface area contributed by atoms with Crippen LogP contribution in [0, 0.1) is 13.0 Å². The Morgan fingerprint density at radius 2 is 2.00 bits per heavy atom. The van der Waals surface area contributed by atoms with Crippen LogP contribution in [0.15, 0.2) is 28.2 Å². The molecule has 1 aromatic carbocycles. The van der Waals surface area contributed by atoms with Crippen LogP contribution in [0.3, 0.4) is 0 Å². The van der Waals surface area contributed by atoms with E-state index in [4.69, 9.17) is 17.2 Å². The minimum atomic E-state index is -0.106. The van der Waals surface area contributed by atoms with Gasteiger partial charge in [0, 0.05) is 32.7 Å². The molecule has 0 aliphatic heterocycles. The van der Waals surface area contributed by atoms with E-state index < -0.39 is 0 Å². The van der Waals surface area contributed by atoms with Crippen molar-refractivity contribution in [2.24, 2.45) is 27.2 Å². The van der Waals surface area contributed by atoms with Crippen molar-refractivity contribution in [1.29, 1.82) is 0 Å². The third-order valence-corrected chi connectivity index (χ3v) is 1.42. The van der Waals surface area contributed by atoms with Crippen LogP contribution in [-0.2, 0) is 32.7 Å². The predicted octanol–water partition coefficient (Wildman–Crippen LogP) is 0.0123. The van der Waals surface area contributed by atoms with Crippen LogP contribution >= 0.6 is 0 Å². The first kappa shape index (κ1) is 14.1. The summed E-state index contributed by atoms with van der Waals surface area (Å²) in [4.78, 5) is 7.58. The Bertz CT molecular complexity index is 382. The molecule has 0 fully saturated rings. The Kier molecular flexibility index (Phi) is 6.12. The largest absolute Gasteiger partial charge is 0.370 e. The molecule has 6 heteroatoms. The van der Waals surface area contributed by atoms with E-state index in [1.807, 2.05) is 13.0 Å². The standard InChI is InChI=1S/C9H12N5.Y/c1-6-3-2-4-7(5-6)13-9(12)14-8(10)11;/h2,4-5H,1H3,(H6,10,11,12,13,14);/q-1;. The maximum absolute atomic E-state index is 5.45. The summed E-state index contributed by atoms with van der Waals surface area (Å²) in [6, 6.07) is 8.35. The smallest absolute Gasteiger partial charge is 0.221 e. The molecule has 0 amide bonds. The van der Waals surface area contributed by atoms with Gasteiger partial charge in [-0.1, -0.05) is 6.92 Å². The van der Waals surface area contributed by atoms with Gasteiger partial charge in [0.2, 0.25) is 5.96 Å². The van der Waals surface area contributed by atoms with Crippen molar-refractivity contribution in [2.45, 2.75) is 6.92 Å². The average molecular weight is 279 g/mol. The normalized spacial score (nSPS) is 10.3. The molecule has 1 rings (SSSR count). The molecule has 0 spiro atoms. The first-order valence-corrected chi connectivity index (χ1v) is 4.00. The Balaban J connectivity index is 0.00000196. The van der Waals surface area contributed by atoms with Gasteiger partial charge < -0.3 is 17.2 Å². The van der Waals surface area contributed by atoms with E-state index in [9.17, 15) is 0 Å². The number of nitrogens with two attached hydrogens (primary N) is 3. The SMILES string of the molecule is Cc1[c-]ccc(N=C(N)N=C(N)N)c1.[Y]. The maximum Gasteiger partial charge on any atom is 0.221 e. The quantitative estimate of drug-likeness (QED) is 0.383. The van der Waals surface area contributed by atoms with Gasteiger partial charge in [0.05, 0.1) is 0 Å². The van der Waals surface area contributed by atoms with Gasteiger partial charge in [-0.3, -0.25) is 0 Å². The second-order valence-electron chi connectivity index (χ2n) is 2.74. The number of aliphatic imine (C=N–C) groups is 2. The van der Waals surface area contributed by atoms with Gasteiger partial charge in [-0.25, -0.2) is 4.99 Å². The molecule has 0 bridgehead atoms. The van der Waals surface area contributed by atoms with Gasteiger partial charge in [-0.05, 0) is 5.69 Å². The van der Waals surface area contributed by atoms with Crippen LogP contribution < -0.4 is 17.2 Å². The molecule has 0 aromatic heterocycles. The molecule has 0 unspecified atom stereocenters. The number of hydrogen-bond acceptors (Lipinski definition) is 1. The Hall–Kier alpha value is -0.936. The molecular weight excluding hydrogens is 267 g/mol. The molecule has 0 atom stereocenters. The van der Waals surface area contributed by atoms with Gasteiger partial charge in [0.25, 0.3) is 0 Å². The first-order valence-electron chi connectivity index (χ1n) is 4.00. The zero-order valence-electron chi connectivity index (χ0n) is 8.44. The Morgan fingerprint density at radius 3 is 2.53 bits per heavy atom. The van der Waals surface area contributed by atoms with Crippen molar-refractivity contribution in [1.82, 2.24) is 0 Å². The van der Waals surface area contributed by atoms with Gasteiger partial charge in [-0.15, -0.1) is 12.1 Å². The van der Waals surface area contributed by atoms with Crippen molar-refractivity contribution in [2.75, 3.05) is 0 Å². The zero-order valence-corrected chi connectivity index (χ0v) is 11.3. The van der Waals surface area contributed by atoms with Crippen LogP contribution in [-0.4, -0.2) is 11.9 Å². The second-order valence-corrected chi connectivity index (χ2v) is 2.74. The van der Waals surface area contributed by atoms with E-state index in [-0.39, 0.29) is 44.6 Å². The predicted molar refractivity (Wildman–Crippen MR) is 57.1 cm³/mol. The summed E-state index contributed by atoms with van der Waals surface area (Å²) in [6.45, 7) is 1.91. The summed E-state index contributed by atoms with van der Waals surface area (Å²) in [5, 5.41) is 0. The molecular formula is C9H12N5Y-. The van der Waals surface area contributed by atoms with Crippen LogP contribution in [0.2, 0.25) is 0 Å². The Morgan fingerprint density at radius 1 is 1.33 bits per heavy atom. The molecule has 1 radical (unpaired) electrons. The number of hydrogen-bond donors (Lipinski definition) is 3. The van der Waals surface area contributed by atoms with E-state index in [0.717, 1.165) is 5.56 Å². The Labute approximate surface area is 114 Å². The minimum absolute atomic E-state index is 0. The molecule has 1 aromatic rings. The molecule has 77 valence electrons. The van der Waals surface area contributed by atoms with E-state index in [2.05, 4.69) is 16.1 Å².